The van der Waals surface area contributed by atoms with Crippen molar-refractivity contribution < 1.29 is 3.96 Å². The summed E-state index contributed by atoms with van der Waals surface area (Å²) >= 11 is 18.7. The average molecular weight is 232 g/mol. The maximum atomic E-state index is 5.85. The van der Waals surface area contributed by atoms with Gasteiger partial charge in [0.1, 0.15) is 0 Å². The zero-order valence-corrected chi connectivity index (χ0v) is 8.99. The molecule has 0 amide bonds. The maximum Gasteiger partial charge on any atom is 0.309 e. The predicted molar refractivity (Wildman–Crippen MR) is 49.8 cm³/mol. The number of hydrogen-bond acceptors (Lipinski definition) is 1. The molecule has 1 aromatic rings. The van der Waals surface area contributed by atoms with Crippen LogP contribution in [0.1, 0.15) is 13.3 Å². The van der Waals surface area contributed by atoms with Gasteiger partial charge < -0.3 is 0 Å². The number of aryl methyl sites for hydroxylation is 1. The van der Waals surface area contributed by atoms with Crippen LogP contribution < -0.4 is 3.96 Å². The van der Waals surface area contributed by atoms with Crippen molar-refractivity contribution in [2.45, 2.75) is 19.9 Å². The quantitative estimate of drug-likeness (QED) is 0.687. The molecule has 1 rings (SSSR count). The average Bonchev–Trinajstić information content (AvgIpc) is 2.19. The molecule has 1 aromatic heterocycles. The first kappa shape index (κ1) is 9.59. The van der Waals surface area contributed by atoms with Crippen molar-refractivity contribution in [3.63, 3.8) is 0 Å². The zero-order valence-electron chi connectivity index (χ0n) is 5.90. The fourth-order valence-corrected chi connectivity index (χ4v) is 2.51. The molecule has 0 fully saturated rings. The molecule has 0 spiro atoms. The van der Waals surface area contributed by atoms with Crippen LogP contribution in [0.4, 0.5) is 0 Å². The van der Waals surface area contributed by atoms with Crippen molar-refractivity contribution in [1.29, 1.82) is 0 Å². The lowest BCUT2D eigenvalue weighted by Gasteiger charge is -1.84. The van der Waals surface area contributed by atoms with Gasteiger partial charge in [-0.1, -0.05) is 30.1 Å². The molecule has 0 bridgehead atoms. The molecule has 0 saturated carbocycles. The van der Waals surface area contributed by atoms with E-state index in [1.165, 1.54) is 11.5 Å². The standard InChI is InChI=1S/C6H7Cl3NS/c1-2-3-10-5(8)4(7)6(9)11-10/h2-3H2,1H3/q+1. The zero-order chi connectivity index (χ0) is 8.43. The van der Waals surface area contributed by atoms with E-state index in [4.69, 9.17) is 34.8 Å². The summed E-state index contributed by atoms with van der Waals surface area (Å²) in [6.45, 7) is 2.95. The Balaban J connectivity index is 2.98. The Bertz CT molecular complexity index is 259. The normalized spacial score (nSPS) is 10.5. The Hall–Kier alpha value is 0.500. The molecule has 1 heterocycles. The summed E-state index contributed by atoms with van der Waals surface area (Å²) in [6, 6.07) is 0. The smallest absolute Gasteiger partial charge is 0.121 e. The SMILES string of the molecule is CCC[n+]1sc(Cl)c(Cl)c1Cl. The van der Waals surface area contributed by atoms with Crippen LogP contribution in [0.5, 0.6) is 0 Å². The van der Waals surface area contributed by atoms with Gasteiger partial charge in [0.2, 0.25) is 0 Å². The highest BCUT2D eigenvalue weighted by Crippen LogP contribution is 2.31. The number of nitrogens with zero attached hydrogens (tertiary/aromatic N) is 1. The first-order valence-corrected chi connectivity index (χ1v) is 5.11. The third-order valence-corrected chi connectivity index (χ3v) is 3.70. The molecule has 0 N–H and O–H groups in total. The van der Waals surface area contributed by atoms with Gasteiger partial charge in [0.15, 0.2) is 27.4 Å². The molecule has 62 valence electrons. The third-order valence-electron chi connectivity index (χ3n) is 1.19. The van der Waals surface area contributed by atoms with Crippen LogP contribution in [-0.4, -0.2) is 0 Å². The van der Waals surface area contributed by atoms with Gasteiger partial charge in [0.25, 0.3) is 0 Å². The molecule has 0 aliphatic carbocycles. The second-order valence-corrected chi connectivity index (χ2v) is 4.44. The minimum atomic E-state index is 0.465. The highest BCUT2D eigenvalue weighted by Gasteiger charge is 2.21. The lowest BCUT2D eigenvalue weighted by atomic mass is 10.5. The van der Waals surface area contributed by atoms with Gasteiger partial charge in [0, 0.05) is 6.42 Å². The van der Waals surface area contributed by atoms with Crippen LogP contribution in [0.2, 0.25) is 14.5 Å². The molecule has 0 unspecified atom stereocenters. The van der Waals surface area contributed by atoms with E-state index in [1.807, 2.05) is 3.96 Å². The monoisotopic (exact) mass is 230 g/mol. The van der Waals surface area contributed by atoms with E-state index in [0.717, 1.165) is 13.0 Å². The highest BCUT2D eigenvalue weighted by molar-refractivity contribution is 7.08. The largest absolute Gasteiger partial charge is 0.309 e. The minimum absolute atomic E-state index is 0.465. The summed E-state index contributed by atoms with van der Waals surface area (Å²) in [6.07, 6.45) is 1.03. The Morgan fingerprint density at radius 3 is 2.36 bits per heavy atom. The molecular formula is C6H7Cl3NS+. The topological polar surface area (TPSA) is 3.88 Å². The van der Waals surface area contributed by atoms with E-state index in [-0.39, 0.29) is 0 Å². The maximum absolute atomic E-state index is 5.85. The predicted octanol–water partition coefficient (Wildman–Crippen LogP) is 3.41. The molecule has 0 aliphatic rings. The van der Waals surface area contributed by atoms with E-state index in [0.29, 0.717) is 14.5 Å². The number of hydrogen-bond donors (Lipinski definition) is 0. The first-order chi connectivity index (χ1) is 5.16. The Kier molecular flexibility index (Phi) is 3.44. The Morgan fingerprint density at radius 2 is 2.00 bits per heavy atom. The van der Waals surface area contributed by atoms with Gasteiger partial charge in [-0.3, -0.25) is 0 Å². The summed E-state index contributed by atoms with van der Waals surface area (Å²) in [4.78, 5) is 0. The number of rotatable bonds is 2. The second-order valence-electron chi connectivity index (χ2n) is 2.07. The summed E-state index contributed by atoms with van der Waals surface area (Å²) in [5, 5.41) is 1.01. The lowest BCUT2D eigenvalue weighted by Crippen LogP contribution is -2.28. The highest BCUT2D eigenvalue weighted by atomic mass is 35.5. The van der Waals surface area contributed by atoms with Crippen molar-refractivity contribution in [3.8, 4) is 0 Å². The molecule has 0 saturated heterocycles. The van der Waals surface area contributed by atoms with Gasteiger partial charge in [-0.05, 0) is 11.6 Å². The summed E-state index contributed by atoms with van der Waals surface area (Å²) in [7, 11) is 0. The van der Waals surface area contributed by atoms with Crippen molar-refractivity contribution in [2.24, 2.45) is 0 Å². The summed E-state index contributed by atoms with van der Waals surface area (Å²) in [5.41, 5.74) is 0. The van der Waals surface area contributed by atoms with Crippen molar-refractivity contribution in [3.05, 3.63) is 14.5 Å². The molecule has 0 aromatic carbocycles. The summed E-state index contributed by atoms with van der Waals surface area (Å²) in [5.74, 6) is 0. The van der Waals surface area contributed by atoms with Gasteiger partial charge in [0.05, 0.1) is 0 Å². The van der Waals surface area contributed by atoms with E-state index >= 15 is 0 Å². The Labute approximate surface area is 84.6 Å². The van der Waals surface area contributed by atoms with Crippen LogP contribution >= 0.6 is 46.3 Å². The molecule has 0 atom stereocenters. The molecular weight excluding hydrogens is 224 g/mol. The van der Waals surface area contributed by atoms with Crippen molar-refractivity contribution in [2.75, 3.05) is 0 Å². The molecule has 11 heavy (non-hydrogen) atoms. The first-order valence-electron chi connectivity index (χ1n) is 3.20. The number of aromatic nitrogens is 1. The van der Waals surface area contributed by atoms with Gasteiger partial charge in [-0.2, -0.15) is 0 Å². The van der Waals surface area contributed by atoms with Crippen molar-refractivity contribution in [1.82, 2.24) is 0 Å². The van der Waals surface area contributed by atoms with E-state index in [1.54, 1.807) is 0 Å². The molecule has 1 nitrogen and oxygen atoms in total. The van der Waals surface area contributed by atoms with Crippen molar-refractivity contribution >= 4 is 46.3 Å². The lowest BCUT2D eigenvalue weighted by molar-refractivity contribution is -0.626. The molecule has 0 aliphatic heterocycles. The fourth-order valence-electron chi connectivity index (χ4n) is 0.714. The van der Waals surface area contributed by atoms with Crippen LogP contribution in [0.25, 0.3) is 0 Å². The Morgan fingerprint density at radius 1 is 1.36 bits per heavy atom. The van der Waals surface area contributed by atoms with Gasteiger partial charge in [-0.15, -0.1) is 3.96 Å². The summed E-state index contributed by atoms with van der Waals surface area (Å²) < 4.78 is 2.44. The van der Waals surface area contributed by atoms with Crippen LogP contribution in [0.15, 0.2) is 0 Å². The van der Waals surface area contributed by atoms with E-state index < -0.39 is 0 Å². The van der Waals surface area contributed by atoms with Gasteiger partial charge in [-0.25, -0.2) is 0 Å². The second kappa shape index (κ2) is 3.94. The fraction of sp³-hybridized carbons (Fsp3) is 0.500. The minimum Gasteiger partial charge on any atom is -0.121 e. The van der Waals surface area contributed by atoms with Crippen LogP contribution in [-0.2, 0) is 6.54 Å². The van der Waals surface area contributed by atoms with Crippen LogP contribution in [0.3, 0.4) is 0 Å². The number of halogens is 3. The molecule has 0 radical (unpaired) electrons. The van der Waals surface area contributed by atoms with E-state index in [2.05, 4.69) is 6.92 Å². The van der Waals surface area contributed by atoms with Crippen LogP contribution in [0, 0.1) is 0 Å². The van der Waals surface area contributed by atoms with E-state index in [9.17, 15) is 0 Å². The van der Waals surface area contributed by atoms with Gasteiger partial charge >= 0.3 is 5.15 Å². The third kappa shape index (κ3) is 2.00. The molecule has 5 heteroatoms.